The average molecular weight is 249 g/mol. The molecule has 1 fully saturated rings. The lowest BCUT2D eigenvalue weighted by molar-refractivity contribution is -0.289. The molecule has 0 aromatic rings. The molecule has 7 heteroatoms. The van der Waals surface area contributed by atoms with Gasteiger partial charge in [0.25, 0.3) is 0 Å². The Balaban J connectivity index is 2.84. The summed E-state index contributed by atoms with van der Waals surface area (Å²) in [5.41, 5.74) is 4.97. The SMILES string of the molecule is CO[C@@H]1[C@@H](OC)[C@H](C)O[C@@H](OC(N)=O)[C@@H]1OC. The van der Waals surface area contributed by atoms with Crippen LogP contribution in [0.4, 0.5) is 4.79 Å². The van der Waals surface area contributed by atoms with Crippen molar-refractivity contribution in [3.05, 3.63) is 0 Å². The van der Waals surface area contributed by atoms with Gasteiger partial charge in [-0.25, -0.2) is 4.79 Å². The van der Waals surface area contributed by atoms with Gasteiger partial charge in [-0.05, 0) is 6.92 Å². The van der Waals surface area contributed by atoms with Gasteiger partial charge < -0.3 is 29.4 Å². The van der Waals surface area contributed by atoms with Gasteiger partial charge in [-0.2, -0.15) is 0 Å². The molecule has 1 amide bonds. The Hall–Kier alpha value is -0.890. The molecule has 0 unspecified atom stereocenters. The molecule has 1 heterocycles. The highest BCUT2D eigenvalue weighted by Crippen LogP contribution is 2.27. The molecule has 1 saturated heterocycles. The third-order valence-electron chi connectivity index (χ3n) is 2.78. The smallest absolute Gasteiger partial charge is 0.406 e. The zero-order valence-electron chi connectivity index (χ0n) is 10.4. The fourth-order valence-electron chi connectivity index (χ4n) is 2.02. The van der Waals surface area contributed by atoms with Crippen LogP contribution < -0.4 is 5.73 Å². The zero-order valence-corrected chi connectivity index (χ0v) is 10.4. The second kappa shape index (κ2) is 6.15. The van der Waals surface area contributed by atoms with E-state index in [0.29, 0.717) is 0 Å². The summed E-state index contributed by atoms with van der Waals surface area (Å²) in [6.45, 7) is 1.80. The number of ether oxygens (including phenoxy) is 5. The van der Waals surface area contributed by atoms with Crippen molar-refractivity contribution in [3.63, 3.8) is 0 Å². The molecule has 7 nitrogen and oxygen atoms in total. The lowest BCUT2D eigenvalue weighted by atomic mass is 9.99. The van der Waals surface area contributed by atoms with Crippen LogP contribution >= 0.6 is 0 Å². The number of rotatable bonds is 4. The van der Waals surface area contributed by atoms with Crippen molar-refractivity contribution in [2.45, 2.75) is 37.6 Å². The van der Waals surface area contributed by atoms with Gasteiger partial charge in [0.1, 0.15) is 18.3 Å². The second-order valence-electron chi connectivity index (χ2n) is 3.75. The Morgan fingerprint density at radius 2 is 1.59 bits per heavy atom. The molecule has 0 aromatic heterocycles. The van der Waals surface area contributed by atoms with Crippen LogP contribution in [0, 0.1) is 0 Å². The predicted molar refractivity (Wildman–Crippen MR) is 57.4 cm³/mol. The number of nitrogens with two attached hydrogens (primary N) is 1. The summed E-state index contributed by atoms with van der Waals surface area (Å²) in [7, 11) is 4.56. The number of carbonyl (C=O) groups is 1. The molecule has 17 heavy (non-hydrogen) atoms. The van der Waals surface area contributed by atoms with Crippen molar-refractivity contribution in [3.8, 4) is 0 Å². The van der Waals surface area contributed by atoms with Gasteiger partial charge in [0.05, 0.1) is 6.10 Å². The summed E-state index contributed by atoms with van der Waals surface area (Å²) in [6, 6.07) is 0. The van der Waals surface area contributed by atoms with Crippen LogP contribution in [0.1, 0.15) is 6.92 Å². The zero-order chi connectivity index (χ0) is 13.0. The van der Waals surface area contributed by atoms with E-state index in [4.69, 9.17) is 29.4 Å². The highest BCUT2D eigenvalue weighted by molar-refractivity contribution is 5.64. The van der Waals surface area contributed by atoms with E-state index < -0.39 is 24.6 Å². The van der Waals surface area contributed by atoms with Crippen molar-refractivity contribution in [1.82, 2.24) is 0 Å². The van der Waals surface area contributed by atoms with Crippen molar-refractivity contribution in [2.24, 2.45) is 5.73 Å². The summed E-state index contributed by atoms with van der Waals surface area (Å²) < 4.78 is 26.2. The minimum absolute atomic E-state index is 0.305. The largest absolute Gasteiger partial charge is 0.417 e. The molecular weight excluding hydrogens is 230 g/mol. The van der Waals surface area contributed by atoms with Crippen LogP contribution in [0.25, 0.3) is 0 Å². The van der Waals surface area contributed by atoms with Crippen LogP contribution in [0.5, 0.6) is 0 Å². The Labute approximate surface area is 100 Å². The summed E-state index contributed by atoms with van der Waals surface area (Å²) in [5, 5.41) is 0. The van der Waals surface area contributed by atoms with E-state index in [-0.39, 0.29) is 12.2 Å². The van der Waals surface area contributed by atoms with Crippen molar-refractivity contribution in [2.75, 3.05) is 21.3 Å². The Kier molecular flexibility index (Phi) is 5.13. The van der Waals surface area contributed by atoms with E-state index in [9.17, 15) is 4.79 Å². The molecule has 0 saturated carbocycles. The van der Waals surface area contributed by atoms with Gasteiger partial charge >= 0.3 is 6.09 Å². The van der Waals surface area contributed by atoms with E-state index >= 15 is 0 Å². The topological polar surface area (TPSA) is 89.2 Å². The van der Waals surface area contributed by atoms with Gasteiger partial charge in [0.2, 0.25) is 6.29 Å². The molecule has 1 aliphatic heterocycles. The van der Waals surface area contributed by atoms with E-state index in [0.717, 1.165) is 0 Å². The molecule has 0 aromatic carbocycles. The van der Waals surface area contributed by atoms with E-state index in [1.54, 1.807) is 14.0 Å². The highest BCUT2D eigenvalue weighted by atomic mass is 16.7. The molecule has 0 radical (unpaired) electrons. The summed E-state index contributed by atoms with van der Waals surface area (Å²) in [6.07, 6.45) is -3.43. The molecule has 5 atom stereocenters. The Morgan fingerprint density at radius 3 is 2.00 bits per heavy atom. The first-order valence-corrected chi connectivity index (χ1v) is 5.25. The van der Waals surface area contributed by atoms with Gasteiger partial charge in [-0.1, -0.05) is 0 Å². The fraction of sp³-hybridized carbons (Fsp3) is 0.900. The maximum Gasteiger partial charge on any atom is 0.406 e. The van der Waals surface area contributed by atoms with Crippen LogP contribution in [0.2, 0.25) is 0 Å². The number of carbonyl (C=O) groups excluding carboxylic acids is 1. The van der Waals surface area contributed by atoms with Gasteiger partial charge in [0.15, 0.2) is 0 Å². The quantitative estimate of drug-likeness (QED) is 0.746. The Morgan fingerprint density at radius 1 is 1.06 bits per heavy atom. The van der Waals surface area contributed by atoms with Gasteiger partial charge in [-0.15, -0.1) is 0 Å². The lowest BCUT2D eigenvalue weighted by Gasteiger charge is -2.42. The third kappa shape index (κ3) is 3.06. The maximum absolute atomic E-state index is 10.8. The maximum atomic E-state index is 10.8. The number of hydrogen-bond acceptors (Lipinski definition) is 6. The second-order valence-corrected chi connectivity index (χ2v) is 3.75. The molecule has 1 aliphatic rings. The number of hydrogen-bond donors (Lipinski definition) is 1. The first-order chi connectivity index (χ1) is 8.04. The number of methoxy groups -OCH3 is 3. The van der Waals surface area contributed by atoms with Gasteiger partial charge in [-0.3, -0.25) is 0 Å². The molecule has 0 aliphatic carbocycles. The van der Waals surface area contributed by atoms with E-state index in [1.165, 1.54) is 14.2 Å². The summed E-state index contributed by atoms with van der Waals surface area (Å²) in [4.78, 5) is 10.8. The fourth-order valence-corrected chi connectivity index (χ4v) is 2.02. The molecule has 0 spiro atoms. The van der Waals surface area contributed by atoms with E-state index in [1.807, 2.05) is 0 Å². The monoisotopic (exact) mass is 249 g/mol. The number of amides is 1. The average Bonchev–Trinajstić information content (AvgIpc) is 2.27. The van der Waals surface area contributed by atoms with Crippen LogP contribution in [-0.2, 0) is 23.7 Å². The molecule has 100 valence electrons. The minimum Gasteiger partial charge on any atom is -0.417 e. The van der Waals surface area contributed by atoms with Crippen molar-refractivity contribution >= 4 is 6.09 Å². The standard InChI is InChI=1S/C10H19NO6/c1-5-6(13-2)7(14-3)8(15-4)9(16-5)17-10(11)12/h5-9H,1-4H3,(H2,11,12)/t5-,6-,7+,8+,9-/m0/s1. The third-order valence-corrected chi connectivity index (χ3v) is 2.78. The lowest BCUT2D eigenvalue weighted by Crippen LogP contribution is -2.59. The van der Waals surface area contributed by atoms with Gasteiger partial charge in [0, 0.05) is 21.3 Å². The van der Waals surface area contributed by atoms with Crippen molar-refractivity contribution < 1.29 is 28.5 Å². The van der Waals surface area contributed by atoms with Crippen LogP contribution in [0.3, 0.4) is 0 Å². The van der Waals surface area contributed by atoms with Crippen LogP contribution in [0.15, 0.2) is 0 Å². The summed E-state index contributed by atoms with van der Waals surface area (Å²) in [5.74, 6) is 0. The number of primary amides is 1. The summed E-state index contributed by atoms with van der Waals surface area (Å²) >= 11 is 0. The van der Waals surface area contributed by atoms with Crippen LogP contribution in [-0.4, -0.2) is 58.1 Å². The Bertz CT molecular complexity index is 261. The molecular formula is C10H19NO6. The normalized spacial score (nSPS) is 37.8. The highest BCUT2D eigenvalue weighted by Gasteiger charge is 2.47. The van der Waals surface area contributed by atoms with Crippen molar-refractivity contribution in [1.29, 1.82) is 0 Å². The molecule has 1 rings (SSSR count). The first-order valence-electron chi connectivity index (χ1n) is 5.25. The molecule has 0 bridgehead atoms. The minimum atomic E-state index is -0.921. The molecule has 2 N–H and O–H groups in total. The van der Waals surface area contributed by atoms with E-state index in [2.05, 4.69) is 0 Å². The predicted octanol–water partition coefficient (Wildman–Crippen LogP) is -0.128. The first kappa shape index (κ1) is 14.2.